The number of hydrogen-bond donors (Lipinski definition) is 3. The smallest absolute Gasteiger partial charge is 0.319 e. The highest BCUT2D eigenvalue weighted by Crippen LogP contribution is 2.38. The van der Waals surface area contributed by atoms with Gasteiger partial charge in [-0.15, -0.1) is 0 Å². The average molecular weight is 293 g/mol. The molecule has 2 aliphatic rings. The van der Waals surface area contributed by atoms with Crippen LogP contribution in [0.2, 0.25) is 0 Å². The summed E-state index contributed by atoms with van der Waals surface area (Å²) in [5.74, 6) is -3.19. The molecule has 7 nitrogen and oxygen atoms in total. The maximum atomic E-state index is 14.0. The van der Waals surface area contributed by atoms with Crippen molar-refractivity contribution >= 4 is 5.84 Å². The number of amidine groups is 1. The van der Waals surface area contributed by atoms with Crippen LogP contribution in [-0.4, -0.2) is 72.4 Å². The number of aliphatic hydroxyl groups excluding tert-OH is 2. The minimum Gasteiger partial charge on any atom is -0.384 e. The Kier molecular flexibility index (Phi) is 4.23. The number of aliphatic hydroxyl groups is 2. The molecule has 0 bridgehead atoms. The number of halogens is 2. The quantitative estimate of drug-likeness (QED) is 0.624. The Morgan fingerprint density at radius 2 is 2.25 bits per heavy atom. The van der Waals surface area contributed by atoms with Crippen LogP contribution in [0.4, 0.5) is 8.78 Å². The van der Waals surface area contributed by atoms with E-state index in [1.165, 1.54) is 26.4 Å². The normalized spacial score (nSPS) is 38.3. The highest BCUT2D eigenvalue weighted by atomic mass is 19.3. The lowest BCUT2D eigenvalue weighted by Crippen LogP contribution is -2.57. The predicted octanol–water partition coefficient (Wildman–Crippen LogP) is -0.923. The third kappa shape index (κ3) is 2.49. The molecule has 3 N–H and O–H groups in total. The van der Waals surface area contributed by atoms with E-state index in [4.69, 9.17) is 9.47 Å². The van der Waals surface area contributed by atoms with Crippen LogP contribution in [-0.2, 0) is 9.47 Å². The van der Waals surface area contributed by atoms with Crippen LogP contribution in [0, 0.1) is 0 Å². The van der Waals surface area contributed by atoms with Crippen LogP contribution in [0.5, 0.6) is 0 Å². The first-order valence-corrected chi connectivity index (χ1v) is 5.99. The number of methoxy groups -OCH3 is 1. The standard InChI is InChI=1S/C11H17F2N3O4/c1-14-7-3-4-16(10(18)15-7)9-11(12,13)8(17)6(20-9)5-19-2/h3-4,6,8-10,17-18H,5H2,1-2H3,(H,14,15)/t6-,8?,9-,10?/m1/s1. The van der Waals surface area contributed by atoms with Gasteiger partial charge in [-0.1, -0.05) is 0 Å². The molecule has 2 unspecified atom stereocenters. The number of hydrogen-bond acceptors (Lipinski definition) is 6. The third-order valence-corrected chi connectivity index (χ3v) is 3.19. The van der Waals surface area contributed by atoms with E-state index in [1.807, 2.05) is 0 Å². The Morgan fingerprint density at radius 1 is 1.55 bits per heavy atom. The third-order valence-electron chi connectivity index (χ3n) is 3.19. The lowest BCUT2D eigenvalue weighted by molar-refractivity contribution is -0.190. The Morgan fingerprint density at radius 3 is 2.80 bits per heavy atom. The van der Waals surface area contributed by atoms with E-state index < -0.39 is 30.7 Å². The first-order chi connectivity index (χ1) is 9.41. The molecule has 2 heterocycles. The van der Waals surface area contributed by atoms with Crippen molar-refractivity contribution in [2.75, 3.05) is 20.8 Å². The number of rotatable bonds is 3. The summed E-state index contributed by atoms with van der Waals surface area (Å²) in [6.45, 7) is -0.171. The van der Waals surface area contributed by atoms with Crippen LogP contribution in [0.1, 0.15) is 0 Å². The highest BCUT2D eigenvalue weighted by Gasteiger charge is 2.61. The van der Waals surface area contributed by atoms with Crippen LogP contribution >= 0.6 is 0 Å². The molecule has 2 rings (SSSR count). The van der Waals surface area contributed by atoms with E-state index in [2.05, 4.69) is 10.3 Å². The average Bonchev–Trinajstić information content (AvgIpc) is 2.63. The second-order valence-corrected chi connectivity index (χ2v) is 4.49. The van der Waals surface area contributed by atoms with Gasteiger partial charge < -0.3 is 29.9 Å². The predicted molar refractivity (Wildman–Crippen MR) is 65.0 cm³/mol. The van der Waals surface area contributed by atoms with Crippen molar-refractivity contribution in [3.8, 4) is 0 Å². The number of nitrogens with zero attached hydrogens (tertiary/aromatic N) is 2. The summed E-state index contributed by atoms with van der Waals surface area (Å²) in [6, 6.07) is 0. The fourth-order valence-corrected chi connectivity index (χ4v) is 2.13. The van der Waals surface area contributed by atoms with Gasteiger partial charge in [0.15, 0.2) is 6.10 Å². The van der Waals surface area contributed by atoms with E-state index in [0.717, 1.165) is 4.90 Å². The summed E-state index contributed by atoms with van der Waals surface area (Å²) in [5, 5.41) is 21.9. The topological polar surface area (TPSA) is 86.6 Å². The molecule has 0 saturated carbocycles. The van der Waals surface area contributed by atoms with Crippen molar-refractivity contribution in [2.45, 2.75) is 30.7 Å². The van der Waals surface area contributed by atoms with Gasteiger partial charge in [0, 0.05) is 20.4 Å². The summed E-state index contributed by atoms with van der Waals surface area (Å²) in [6.07, 6.45) is -3.74. The van der Waals surface area contributed by atoms with Gasteiger partial charge in [-0.25, -0.2) is 0 Å². The lowest BCUT2D eigenvalue weighted by atomic mass is 10.1. The molecule has 4 atom stereocenters. The molecule has 114 valence electrons. The highest BCUT2D eigenvalue weighted by molar-refractivity contribution is 5.93. The SMILES string of the molecule is CN=C1C=CN([C@@H]2O[C@H](COC)C(O)C2(F)F)C(O)N1. The van der Waals surface area contributed by atoms with Crippen molar-refractivity contribution in [3.63, 3.8) is 0 Å². The maximum Gasteiger partial charge on any atom is 0.319 e. The number of aliphatic imine (C=N–C) groups is 1. The molecule has 0 spiro atoms. The molecule has 20 heavy (non-hydrogen) atoms. The van der Waals surface area contributed by atoms with Crippen molar-refractivity contribution in [1.29, 1.82) is 0 Å². The number of ether oxygens (including phenoxy) is 2. The summed E-state index contributed by atoms with van der Waals surface area (Å²) in [5.41, 5.74) is 0. The van der Waals surface area contributed by atoms with Crippen molar-refractivity contribution in [3.05, 3.63) is 12.3 Å². The zero-order chi connectivity index (χ0) is 14.9. The zero-order valence-corrected chi connectivity index (χ0v) is 11.0. The Balaban J connectivity index is 2.20. The van der Waals surface area contributed by atoms with Gasteiger partial charge in [0.1, 0.15) is 11.9 Å². The van der Waals surface area contributed by atoms with Crippen molar-refractivity contribution < 1.29 is 28.5 Å². The molecule has 0 aromatic carbocycles. The molecular weight excluding hydrogens is 276 g/mol. The van der Waals surface area contributed by atoms with Gasteiger partial charge in [0.2, 0.25) is 12.6 Å². The monoisotopic (exact) mass is 293 g/mol. The molecule has 0 radical (unpaired) electrons. The molecular formula is C11H17F2N3O4. The van der Waals surface area contributed by atoms with Gasteiger partial charge in [-0.2, -0.15) is 8.78 Å². The first kappa shape index (κ1) is 15.1. The van der Waals surface area contributed by atoms with Crippen molar-refractivity contribution in [1.82, 2.24) is 10.2 Å². The molecule has 0 amide bonds. The number of alkyl halides is 2. The summed E-state index contributed by atoms with van der Waals surface area (Å²) < 4.78 is 37.9. The van der Waals surface area contributed by atoms with Crippen LogP contribution in [0.15, 0.2) is 17.3 Å². The zero-order valence-electron chi connectivity index (χ0n) is 11.0. The molecule has 1 fully saturated rings. The Hall–Kier alpha value is -1.29. The fraction of sp³-hybridized carbons (Fsp3) is 0.727. The molecule has 9 heteroatoms. The van der Waals surface area contributed by atoms with E-state index >= 15 is 0 Å². The minimum absolute atomic E-state index is 0.171. The van der Waals surface area contributed by atoms with E-state index in [9.17, 15) is 19.0 Å². The van der Waals surface area contributed by atoms with Crippen molar-refractivity contribution in [2.24, 2.45) is 4.99 Å². The van der Waals surface area contributed by atoms with Gasteiger partial charge in [-0.3, -0.25) is 4.99 Å². The minimum atomic E-state index is -3.54. The van der Waals surface area contributed by atoms with E-state index in [-0.39, 0.29) is 6.61 Å². The number of nitrogens with one attached hydrogen (secondary N) is 1. The van der Waals surface area contributed by atoms with Gasteiger partial charge in [0.25, 0.3) is 0 Å². The van der Waals surface area contributed by atoms with Gasteiger partial charge in [-0.05, 0) is 6.08 Å². The van der Waals surface area contributed by atoms with E-state index in [1.54, 1.807) is 0 Å². The molecule has 0 aromatic rings. The fourth-order valence-electron chi connectivity index (χ4n) is 2.13. The second kappa shape index (κ2) is 5.60. The molecule has 2 aliphatic heterocycles. The largest absolute Gasteiger partial charge is 0.384 e. The van der Waals surface area contributed by atoms with Crippen LogP contribution < -0.4 is 5.32 Å². The van der Waals surface area contributed by atoms with Crippen LogP contribution in [0.3, 0.4) is 0 Å². The van der Waals surface area contributed by atoms with Gasteiger partial charge in [0.05, 0.1) is 6.61 Å². The second-order valence-electron chi connectivity index (χ2n) is 4.49. The Bertz CT molecular complexity index is 418. The lowest BCUT2D eigenvalue weighted by Gasteiger charge is -2.37. The van der Waals surface area contributed by atoms with Gasteiger partial charge >= 0.3 is 5.92 Å². The maximum absolute atomic E-state index is 14.0. The Labute approximate surface area is 114 Å². The molecule has 0 aromatic heterocycles. The summed E-state index contributed by atoms with van der Waals surface area (Å²) in [7, 11) is 2.82. The summed E-state index contributed by atoms with van der Waals surface area (Å²) in [4.78, 5) is 4.67. The van der Waals surface area contributed by atoms with Crippen LogP contribution in [0.25, 0.3) is 0 Å². The molecule has 0 aliphatic carbocycles. The molecule has 1 saturated heterocycles. The van der Waals surface area contributed by atoms with E-state index in [0.29, 0.717) is 5.84 Å². The first-order valence-electron chi connectivity index (χ1n) is 5.99. The summed E-state index contributed by atoms with van der Waals surface area (Å²) >= 11 is 0.